The highest BCUT2D eigenvalue weighted by atomic mass is 16.3. The molecule has 0 aliphatic carbocycles. The Labute approximate surface area is 75.0 Å². The normalized spacial score (nSPS) is 12.1. The van der Waals surface area contributed by atoms with Gasteiger partial charge in [0.15, 0.2) is 6.10 Å². The molecule has 0 heterocycles. The first kappa shape index (κ1) is 9.41. The molecule has 0 aromatic heterocycles. The second kappa shape index (κ2) is 3.82. The summed E-state index contributed by atoms with van der Waals surface area (Å²) >= 11 is 0. The number of rotatable bonds is 3. The average Bonchev–Trinajstić information content (AvgIpc) is 2.17. The van der Waals surface area contributed by atoms with Crippen LogP contribution in [0.15, 0.2) is 30.3 Å². The zero-order valence-electron chi connectivity index (χ0n) is 6.81. The smallest absolute Gasteiger partial charge is 0.254 e. The minimum Gasteiger partial charge on any atom is -0.376 e. The number of ketones is 1. The Morgan fingerprint density at radius 3 is 2.23 bits per heavy atom. The first-order chi connectivity index (χ1) is 6.13. The lowest BCUT2D eigenvalue weighted by Gasteiger charge is -2.04. The fraction of sp³-hybridized carbons (Fsp3) is 0.111. The standard InChI is InChI=1S/C9H9NO3/c10-9(13)8(12)7(11)6-4-2-1-3-5-6/h1-5,8,12H,(H2,10,13). The summed E-state index contributed by atoms with van der Waals surface area (Å²) < 4.78 is 0. The molecule has 13 heavy (non-hydrogen) atoms. The van der Waals surface area contributed by atoms with Crippen LogP contribution in [0.4, 0.5) is 0 Å². The second-order valence-corrected chi connectivity index (χ2v) is 2.54. The number of carbonyl (C=O) groups excluding carboxylic acids is 2. The van der Waals surface area contributed by atoms with Gasteiger partial charge in [-0.15, -0.1) is 0 Å². The van der Waals surface area contributed by atoms with Crippen molar-refractivity contribution in [2.45, 2.75) is 6.10 Å². The lowest BCUT2D eigenvalue weighted by Crippen LogP contribution is -2.35. The van der Waals surface area contributed by atoms with Crippen molar-refractivity contribution in [2.75, 3.05) is 0 Å². The number of hydrogen-bond acceptors (Lipinski definition) is 3. The molecule has 0 fully saturated rings. The maximum Gasteiger partial charge on any atom is 0.254 e. The summed E-state index contributed by atoms with van der Waals surface area (Å²) in [5.41, 5.74) is 5.04. The topological polar surface area (TPSA) is 80.4 Å². The molecule has 1 amide bonds. The number of Topliss-reactive ketones (excluding diaryl/α,β-unsaturated/α-hetero) is 1. The van der Waals surface area contributed by atoms with Crippen molar-refractivity contribution >= 4 is 11.7 Å². The van der Waals surface area contributed by atoms with Crippen LogP contribution in [0.3, 0.4) is 0 Å². The minimum absolute atomic E-state index is 0.272. The van der Waals surface area contributed by atoms with Gasteiger partial charge < -0.3 is 10.8 Å². The summed E-state index contributed by atoms with van der Waals surface area (Å²) in [6.45, 7) is 0. The molecule has 1 aromatic rings. The van der Waals surface area contributed by atoms with E-state index in [0.29, 0.717) is 0 Å². The minimum atomic E-state index is -1.75. The number of nitrogens with two attached hydrogens (primary N) is 1. The van der Waals surface area contributed by atoms with E-state index in [0.717, 1.165) is 0 Å². The summed E-state index contributed by atoms with van der Waals surface area (Å²) in [5.74, 6) is -1.71. The Morgan fingerprint density at radius 2 is 1.77 bits per heavy atom. The van der Waals surface area contributed by atoms with Gasteiger partial charge in [0.25, 0.3) is 5.91 Å². The van der Waals surface area contributed by atoms with Gasteiger partial charge in [0, 0.05) is 5.56 Å². The van der Waals surface area contributed by atoms with E-state index in [1.807, 2.05) is 0 Å². The SMILES string of the molecule is NC(=O)C(O)C(=O)c1ccccc1. The molecule has 0 aliphatic heterocycles. The van der Waals surface area contributed by atoms with Crippen molar-refractivity contribution in [1.29, 1.82) is 0 Å². The van der Waals surface area contributed by atoms with Crippen LogP contribution in [-0.4, -0.2) is 22.9 Å². The van der Waals surface area contributed by atoms with Crippen LogP contribution in [0.5, 0.6) is 0 Å². The number of primary amides is 1. The van der Waals surface area contributed by atoms with Gasteiger partial charge in [0.1, 0.15) is 0 Å². The zero-order valence-corrected chi connectivity index (χ0v) is 6.81. The number of benzene rings is 1. The molecular formula is C9H9NO3. The van der Waals surface area contributed by atoms with Crippen LogP contribution >= 0.6 is 0 Å². The highest BCUT2D eigenvalue weighted by molar-refractivity contribution is 6.11. The van der Waals surface area contributed by atoms with E-state index in [2.05, 4.69) is 0 Å². The third kappa shape index (κ3) is 2.13. The van der Waals surface area contributed by atoms with Gasteiger partial charge in [-0.25, -0.2) is 0 Å². The summed E-state index contributed by atoms with van der Waals surface area (Å²) in [5, 5.41) is 9.02. The quantitative estimate of drug-likeness (QED) is 0.494. The van der Waals surface area contributed by atoms with Gasteiger partial charge in [-0.1, -0.05) is 30.3 Å². The number of hydrogen-bond donors (Lipinski definition) is 2. The van der Waals surface area contributed by atoms with Crippen LogP contribution in [0.1, 0.15) is 10.4 Å². The van der Waals surface area contributed by atoms with E-state index in [-0.39, 0.29) is 5.56 Å². The van der Waals surface area contributed by atoms with Gasteiger partial charge in [-0.3, -0.25) is 9.59 Å². The third-order valence-corrected chi connectivity index (χ3v) is 1.58. The lowest BCUT2D eigenvalue weighted by molar-refractivity contribution is -0.123. The summed E-state index contributed by atoms with van der Waals surface area (Å²) in [6, 6.07) is 8.03. The fourth-order valence-corrected chi connectivity index (χ4v) is 0.889. The predicted molar refractivity (Wildman–Crippen MR) is 46.0 cm³/mol. The molecule has 1 aromatic carbocycles. The molecule has 4 nitrogen and oxygen atoms in total. The lowest BCUT2D eigenvalue weighted by atomic mass is 10.1. The predicted octanol–water partition coefficient (Wildman–Crippen LogP) is -0.285. The Balaban J connectivity index is 2.86. The van der Waals surface area contributed by atoms with E-state index in [1.54, 1.807) is 18.2 Å². The van der Waals surface area contributed by atoms with E-state index >= 15 is 0 Å². The van der Waals surface area contributed by atoms with Crippen LogP contribution in [-0.2, 0) is 4.79 Å². The number of amides is 1. The number of aliphatic hydroxyl groups is 1. The van der Waals surface area contributed by atoms with E-state index in [4.69, 9.17) is 10.8 Å². The molecule has 1 rings (SSSR count). The molecule has 0 radical (unpaired) electrons. The summed E-state index contributed by atoms with van der Waals surface area (Å²) in [6.07, 6.45) is -1.75. The molecule has 1 atom stereocenters. The fourth-order valence-electron chi connectivity index (χ4n) is 0.889. The first-order valence-electron chi connectivity index (χ1n) is 3.69. The summed E-state index contributed by atoms with van der Waals surface area (Å²) in [4.78, 5) is 21.7. The van der Waals surface area contributed by atoms with Crippen molar-refractivity contribution in [3.8, 4) is 0 Å². The Morgan fingerprint density at radius 1 is 1.23 bits per heavy atom. The third-order valence-electron chi connectivity index (χ3n) is 1.58. The largest absolute Gasteiger partial charge is 0.376 e. The van der Waals surface area contributed by atoms with Crippen molar-refractivity contribution in [3.05, 3.63) is 35.9 Å². The molecule has 4 heteroatoms. The Kier molecular flexibility index (Phi) is 2.76. The van der Waals surface area contributed by atoms with Gasteiger partial charge in [0.05, 0.1) is 0 Å². The molecule has 0 saturated heterocycles. The Hall–Kier alpha value is -1.68. The van der Waals surface area contributed by atoms with Crippen molar-refractivity contribution in [2.24, 2.45) is 5.73 Å². The van der Waals surface area contributed by atoms with E-state index in [1.165, 1.54) is 12.1 Å². The molecule has 0 aliphatic rings. The molecule has 1 unspecified atom stereocenters. The van der Waals surface area contributed by atoms with Gasteiger partial charge in [-0.2, -0.15) is 0 Å². The van der Waals surface area contributed by atoms with Crippen LogP contribution < -0.4 is 5.73 Å². The van der Waals surface area contributed by atoms with Gasteiger partial charge in [-0.05, 0) is 0 Å². The van der Waals surface area contributed by atoms with Crippen molar-refractivity contribution in [3.63, 3.8) is 0 Å². The molecule has 0 spiro atoms. The maximum absolute atomic E-state index is 11.2. The summed E-state index contributed by atoms with van der Waals surface area (Å²) in [7, 11) is 0. The Bertz CT molecular complexity index is 321. The zero-order chi connectivity index (χ0) is 9.84. The van der Waals surface area contributed by atoms with Gasteiger partial charge >= 0.3 is 0 Å². The van der Waals surface area contributed by atoms with Crippen LogP contribution in [0.25, 0.3) is 0 Å². The highest BCUT2D eigenvalue weighted by Crippen LogP contribution is 2.02. The monoisotopic (exact) mass is 179 g/mol. The molecule has 0 bridgehead atoms. The molecule has 3 N–H and O–H groups in total. The van der Waals surface area contributed by atoms with Crippen molar-refractivity contribution < 1.29 is 14.7 Å². The average molecular weight is 179 g/mol. The maximum atomic E-state index is 11.2. The van der Waals surface area contributed by atoms with E-state index < -0.39 is 17.8 Å². The van der Waals surface area contributed by atoms with Gasteiger partial charge in [0.2, 0.25) is 5.78 Å². The highest BCUT2D eigenvalue weighted by Gasteiger charge is 2.21. The van der Waals surface area contributed by atoms with Crippen LogP contribution in [0, 0.1) is 0 Å². The van der Waals surface area contributed by atoms with Crippen molar-refractivity contribution in [1.82, 2.24) is 0 Å². The number of aliphatic hydroxyl groups excluding tert-OH is 1. The number of carbonyl (C=O) groups is 2. The second-order valence-electron chi connectivity index (χ2n) is 2.54. The molecular weight excluding hydrogens is 170 g/mol. The van der Waals surface area contributed by atoms with Crippen LogP contribution in [0.2, 0.25) is 0 Å². The first-order valence-corrected chi connectivity index (χ1v) is 3.69. The molecule has 0 saturated carbocycles. The van der Waals surface area contributed by atoms with E-state index in [9.17, 15) is 9.59 Å². The molecule has 68 valence electrons.